The zero-order valence-electron chi connectivity index (χ0n) is 12.4. The van der Waals surface area contributed by atoms with Gasteiger partial charge in [-0.1, -0.05) is 58.3 Å². The Kier molecular flexibility index (Phi) is 11.0. The molecule has 2 nitrogen and oxygen atoms in total. The Labute approximate surface area is 109 Å². The number of hydrogen-bond donors (Lipinski definition) is 1. The van der Waals surface area contributed by atoms with E-state index in [9.17, 15) is 5.21 Å². The Morgan fingerprint density at radius 2 is 1.12 bits per heavy atom. The highest BCUT2D eigenvalue weighted by molar-refractivity contribution is 4.47. The monoisotopic (exact) mass is 244 g/mol. The van der Waals surface area contributed by atoms with Crippen molar-refractivity contribution in [3.8, 4) is 0 Å². The van der Waals surface area contributed by atoms with Crippen LogP contribution in [-0.2, 0) is 0 Å². The molecule has 1 unspecified atom stereocenters. The molecule has 0 fully saturated rings. The smallest absolute Gasteiger partial charge is 0.108 e. The second-order valence-corrected chi connectivity index (χ2v) is 5.56. The van der Waals surface area contributed by atoms with E-state index in [-0.39, 0.29) is 4.65 Å². The molecule has 0 bridgehead atoms. The number of hydroxylamine groups is 3. The first-order chi connectivity index (χ1) is 8.12. The van der Waals surface area contributed by atoms with Crippen molar-refractivity contribution in [2.24, 2.45) is 0 Å². The van der Waals surface area contributed by atoms with Crippen LogP contribution in [0.4, 0.5) is 0 Å². The molecule has 0 heterocycles. The van der Waals surface area contributed by atoms with Crippen LogP contribution in [0.15, 0.2) is 0 Å². The summed E-state index contributed by atoms with van der Waals surface area (Å²) in [6.45, 7) is 6.03. The van der Waals surface area contributed by atoms with Crippen molar-refractivity contribution in [2.45, 2.75) is 78.1 Å². The van der Waals surface area contributed by atoms with Crippen LogP contribution in [0.2, 0.25) is 0 Å². The zero-order valence-corrected chi connectivity index (χ0v) is 12.4. The van der Waals surface area contributed by atoms with Crippen LogP contribution in [0.5, 0.6) is 0 Å². The maximum atomic E-state index is 9.78. The van der Waals surface area contributed by atoms with E-state index >= 15 is 0 Å². The molecule has 1 N–H and O–H groups in total. The third kappa shape index (κ3) is 12.2. The molecule has 0 saturated carbocycles. The quantitative estimate of drug-likeness (QED) is 0.298. The molecule has 1 atom stereocenters. The minimum absolute atomic E-state index is 0.191. The highest BCUT2D eigenvalue weighted by Gasteiger charge is 2.13. The molecule has 2 heteroatoms. The van der Waals surface area contributed by atoms with Crippen LogP contribution in [0, 0.1) is 0 Å². The van der Waals surface area contributed by atoms with Gasteiger partial charge in [0, 0.05) is 0 Å². The summed E-state index contributed by atoms with van der Waals surface area (Å²) in [6, 6.07) is 0. The summed E-state index contributed by atoms with van der Waals surface area (Å²) < 4.78 is 0.191. The highest BCUT2D eigenvalue weighted by Crippen LogP contribution is 2.11. The summed E-state index contributed by atoms with van der Waals surface area (Å²) in [5.74, 6) is 0. The predicted octanol–water partition coefficient (Wildman–Crippen LogP) is 4.76. The topological polar surface area (TPSA) is 20.2 Å². The lowest BCUT2D eigenvalue weighted by Gasteiger charge is -2.23. The van der Waals surface area contributed by atoms with E-state index in [2.05, 4.69) is 6.92 Å². The lowest BCUT2D eigenvalue weighted by atomic mass is 10.1. The molecule has 0 rings (SSSR count). The minimum Gasteiger partial charge on any atom is -0.217 e. The predicted molar refractivity (Wildman–Crippen MR) is 75.2 cm³/mol. The summed E-state index contributed by atoms with van der Waals surface area (Å²) in [6.07, 6.45) is 13.6. The average Bonchev–Trinajstić information content (AvgIpc) is 2.31. The van der Waals surface area contributed by atoms with Gasteiger partial charge < -0.3 is 0 Å². The van der Waals surface area contributed by atoms with Crippen molar-refractivity contribution < 1.29 is 9.85 Å². The van der Waals surface area contributed by atoms with Crippen LogP contribution in [0.1, 0.15) is 78.1 Å². The maximum Gasteiger partial charge on any atom is 0.108 e. The fourth-order valence-corrected chi connectivity index (χ4v) is 2.10. The summed E-state index contributed by atoms with van der Waals surface area (Å²) in [5.41, 5.74) is 0. The minimum atomic E-state index is 0.191. The van der Waals surface area contributed by atoms with Crippen molar-refractivity contribution in [3.63, 3.8) is 0 Å². The van der Waals surface area contributed by atoms with Gasteiger partial charge in [-0.25, -0.2) is 5.21 Å². The van der Waals surface area contributed by atoms with E-state index in [1.807, 2.05) is 14.0 Å². The molecule has 0 amide bonds. The first kappa shape index (κ1) is 16.9. The molecule has 0 saturated heterocycles. The molecular weight excluding hydrogens is 210 g/mol. The van der Waals surface area contributed by atoms with E-state index in [0.717, 1.165) is 19.5 Å². The number of nitrogens with zero attached hydrogens (tertiary/aromatic N) is 1. The van der Waals surface area contributed by atoms with Gasteiger partial charge in [0.25, 0.3) is 0 Å². The van der Waals surface area contributed by atoms with Crippen molar-refractivity contribution in [1.82, 2.24) is 0 Å². The maximum absolute atomic E-state index is 9.78. The van der Waals surface area contributed by atoms with Crippen LogP contribution in [-0.4, -0.2) is 30.0 Å². The summed E-state index contributed by atoms with van der Waals surface area (Å²) in [7, 11) is 1.90. The van der Waals surface area contributed by atoms with E-state index < -0.39 is 0 Å². The van der Waals surface area contributed by atoms with Gasteiger partial charge in [0.1, 0.15) is 13.1 Å². The molecule has 0 aromatic carbocycles. The fraction of sp³-hybridized carbons (Fsp3) is 1.00. The van der Waals surface area contributed by atoms with Crippen molar-refractivity contribution in [2.75, 3.05) is 20.1 Å². The molecule has 0 aliphatic heterocycles. The molecule has 0 radical (unpaired) electrons. The molecular formula is C15H34NO+. The number of unbranched alkanes of at least 4 members (excludes halogenated alkanes) is 9. The zero-order chi connectivity index (χ0) is 13.0. The van der Waals surface area contributed by atoms with E-state index in [0.29, 0.717) is 0 Å². The molecule has 0 spiro atoms. The van der Waals surface area contributed by atoms with E-state index in [1.165, 1.54) is 57.8 Å². The molecule has 104 valence electrons. The Bertz CT molecular complexity index is 157. The van der Waals surface area contributed by atoms with Gasteiger partial charge in [0.05, 0.1) is 7.05 Å². The second-order valence-electron chi connectivity index (χ2n) is 5.56. The first-order valence-corrected chi connectivity index (χ1v) is 7.69. The largest absolute Gasteiger partial charge is 0.217 e. The lowest BCUT2D eigenvalue weighted by Crippen LogP contribution is -2.40. The van der Waals surface area contributed by atoms with Crippen LogP contribution >= 0.6 is 0 Å². The fourth-order valence-electron chi connectivity index (χ4n) is 2.10. The van der Waals surface area contributed by atoms with Crippen LogP contribution in [0.3, 0.4) is 0 Å². The Balaban J connectivity index is 3.09. The van der Waals surface area contributed by atoms with Crippen molar-refractivity contribution in [3.05, 3.63) is 0 Å². The third-order valence-corrected chi connectivity index (χ3v) is 3.67. The number of quaternary nitrogens is 1. The highest BCUT2D eigenvalue weighted by atomic mass is 16.5. The van der Waals surface area contributed by atoms with Gasteiger partial charge >= 0.3 is 0 Å². The summed E-state index contributed by atoms with van der Waals surface area (Å²) in [4.78, 5) is 0. The average molecular weight is 244 g/mol. The summed E-state index contributed by atoms with van der Waals surface area (Å²) >= 11 is 0. The normalized spacial score (nSPS) is 14.8. The van der Waals surface area contributed by atoms with Gasteiger partial charge in [0.15, 0.2) is 0 Å². The van der Waals surface area contributed by atoms with Crippen LogP contribution in [0.25, 0.3) is 0 Å². The molecule has 0 aliphatic carbocycles. The van der Waals surface area contributed by atoms with Gasteiger partial charge in [-0.15, -0.1) is 0 Å². The number of rotatable bonds is 12. The molecule has 0 aliphatic rings. The third-order valence-electron chi connectivity index (χ3n) is 3.67. The van der Waals surface area contributed by atoms with Crippen LogP contribution < -0.4 is 0 Å². The van der Waals surface area contributed by atoms with E-state index in [1.54, 1.807) is 0 Å². The van der Waals surface area contributed by atoms with Gasteiger partial charge in [0.2, 0.25) is 0 Å². The molecule has 0 aromatic rings. The Morgan fingerprint density at radius 1 is 0.706 bits per heavy atom. The van der Waals surface area contributed by atoms with Gasteiger partial charge in [-0.05, 0) is 19.8 Å². The second kappa shape index (κ2) is 11.0. The van der Waals surface area contributed by atoms with Crippen molar-refractivity contribution in [1.29, 1.82) is 0 Å². The Morgan fingerprint density at radius 3 is 1.53 bits per heavy atom. The van der Waals surface area contributed by atoms with E-state index in [4.69, 9.17) is 0 Å². The van der Waals surface area contributed by atoms with Crippen molar-refractivity contribution >= 4 is 0 Å². The Hall–Kier alpha value is -0.0800. The number of hydrogen-bond acceptors (Lipinski definition) is 1. The molecule has 17 heavy (non-hydrogen) atoms. The SMILES string of the molecule is CCCCCCCCCCCC[N+](C)(O)CC. The lowest BCUT2D eigenvalue weighted by molar-refractivity contribution is -1.09. The summed E-state index contributed by atoms with van der Waals surface area (Å²) in [5, 5.41) is 9.78. The standard InChI is InChI=1S/C15H34NO/c1-4-6-7-8-9-10-11-12-13-14-15-16(3,17)5-2/h17H,4-15H2,1-3H3/q+1. The van der Waals surface area contributed by atoms with Gasteiger partial charge in [-0.3, -0.25) is 0 Å². The molecule has 0 aromatic heterocycles. The first-order valence-electron chi connectivity index (χ1n) is 7.69. The van der Waals surface area contributed by atoms with Gasteiger partial charge in [-0.2, -0.15) is 4.65 Å².